The zero-order chi connectivity index (χ0) is 22.1. The van der Waals surface area contributed by atoms with E-state index in [1.54, 1.807) is 19.1 Å². The molecule has 1 saturated carbocycles. The van der Waals surface area contributed by atoms with Crippen LogP contribution in [-0.4, -0.2) is 10.5 Å². The first-order chi connectivity index (χ1) is 14.9. The Morgan fingerprint density at radius 2 is 1.94 bits per heavy atom. The fourth-order valence-corrected chi connectivity index (χ4v) is 4.51. The van der Waals surface area contributed by atoms with Gasteiger partial charge in [-0.25, -0.2) is 8.78 Å². The molecule has 0 radical (unpaired) electrons. The third-order valence-corrected chi connectivity index (χ3v) is 6.30. The van der Waals surface area contributed by atoms with Crippen molar-refractivity contribution in [2.45, 2.75) is 52.1 Å². The summed E-state index contributed by atoms with van der Waals surface area (Å²) in [5.41, 5.74) is 1.09. The highest BCUT2D eigenvalue weighted by Gasteiger charge is 2.31. The number of rotatable bonds is 6. The van der Waals surface area contributed by atoms with Crippen molar-refractivity contribution in [3.05, 3.63) is 81.3 Å². The van der Waals surface area contributed by atoms with Gasteiger partial charge < -0.3 is 9.88 Å². The molecule has 0 spiro atoms. The van der Waals surface area contributed by atoms with Crippen molar-refractivity contribution < 1.29 is 13.6 Å². The number of nitrogens with zero attached hydrogens (tertiary/aromatic N) is 1. The summed E-state index contributed by atoms with van der Waals surface area (Å²) < 4.78 is 30.0. The first-order valence-corrected chi connectivity index (χ1v) is 10.8. The third kappa shape index (κ3) is 3.87. The van der Waals surface area contributed by atoms with E-state index in [0.717, 1.165) is 19.3 Å². The molecule has 1 heterocycles. The number of pyridine rings is 1. The van der Waals surface area contributed by atoms with Gasteiger partial charge in [-0.1, -0.05) is 37.6 Å². The average Bonchev–Trinajstić information content (AvgIpc) is 2.69. The molecule has 1 atom stereocenters. The lowest BCUT2D eigenvalue weighted by molar-refractivity contribution is 0.0900. The Kier molecular flexibility index (Phi) is 5.90. The van der Waals surface area contributed by atoms with Gasteiger partial charge in [-0.3, -0.25) is 9.59 Å². The summed E-state index contributed by atoms with van der Waals surface area (Å²) in [6.07, 6.45) is 3.65. The van der Waals surface area contributed by atoms with Gasteiger partial charge in [0.15, 0.2) is 0 Å². The molecule has 0 bridgehead atoms. The summed E-state index contributed by atoms with van der Waals surface area (Å²) >= 11 is 0. The van der Waals surface area contributed by atoms with Crippen LogP contribution in [-0.2, 0) is 6.54 Å². The van der Waals surface area contributed by atoms with E-state index < -0.39 is 11.4 Å². The van der Waals surface area contributed by atoms with Crippen LogP contribution in [0.4, 0.5) is 8.78 Å². The Bertz CT molecular complexity index is 1200. The van der Waals surface area contributed by atoms with Gasteiger partial charge in [0, 0.05) is 17.6 Å². The van der Waals surface area contributed by atoms with Gasteiger partial charge in [0.25, 0.3) is 11.5 Å². The van der Waals surface area contributed by atoms with Gasteiger partial charge in [0.05, 0.1) is 17.0 Å². The molecule has 1 N–H and O–H groups in total. The molecule has 4 nitrogen and oxygen atoms in total. The maximum atomic E-state index is 14.6. The Hall–Kier alpha value is -3.02. The highest BCUT2D eigenvalue weighted by Crippen LogP contribution is 2.38. The topological polar surface area (TPSA) is 51.1 Å². The summed E-state index contributed by atoms with van der Waals surface area (Å²) in [4.78, 5) is 26.5. The lowest BCUT2D eigenvalue weighted by atomic mass is 9.77. The van der Waals surface area contributed by atoms with Gasteiger partial charge in [-0.05, 0) is 55.9 Å². The van der Waals surface area contributed by atoms with Gasteiger partial charge in [-0.2, -0.15) is 0 Å². The Morgan fingerprint density at radius 3 is 2.58 bits per heavy atom. The molecule has 1 aliphatic rings. The predicted octanol–water partition coefficient (Wildman–Crippen LogP) is 5.27. The molecule has 31 heavy (non-hydrogen) atoms. The van der Waals surface area contributed by atoms with Crippen molar-refractivity contribution >= 4 is 16.7 Å². The normalized spacial score (nSPS) is 15.0. The molecule has 3 aromatic rings. The fourth-order valence-electron chi connectivity index (χ4n) is 4.51. The summed E-state index contributed by atoms with van der Waals surface area (Å²) in [7, 11) is 0. The van der Waals surface area contributed by atoms with E-state index in [1.165, 1.54) is 28.8 Å². The molecule has 0 saturated heterocycles. The van der Waals surface area contributed by atoms with Crippen molar-refractivity contribution in [1.82, 2.24) is 9.88 Å². The Labute approximate surface area is 179 Å². The van der Waals surface area contributed by atoms with E-state index in [4.69, 9.17) is 0 Å². The zero-order valence-corrected chi connectivity index (χ0v) is 17.8. The summed E-state index contributed by atoms with van der Waals surface area (Å²) in [5, 5.41) is 3.31. The minimum atomic E-state index is -0.637. The number of fused-ring (bicyclic) bond motifs is 1. The number of amides is 1. The number of hydrogen-bond donors (Lipinski definition) is 1. The van der Waals surface area contributed by atoms with Crippen LogP contribution in [0.1, 0.15) is 60.3 Å². The number of halogens is 2. The highest BCUT2D eigenvalue weighted by atomic mass is 19.1. The second kappa shape index (κ2) is 8.61. The van der Waals surface area contributed by atoms with Crippen LogP contribution in [0.5, 0.6) is 0 Å². The van der Waals surface area contributed by atoms with Gasteiger partial charge in [-0.15, -0.1) is 0 Å². The molecule has 6 heteroatoms. The summed E-state index contributed by atoms with van der Waals surface area (Å²) in [5.74, 6) is -1.15. The number of carbonyl (C=O) groups excluding carboxylic acids is 1. The third-order valence-electron chi connectivity index (χ3n) is 6.30. The molecule has 1 aliphatic carbocycles. The van der Waals surface area contributed by atoms with Gasteiger partial charge in [0.2, 0.25) is 0 Å². The quantitative estimate of drug-likeness (QED) is 0.586. The first kappa shape index (κ1) is 21.2. The second-order valence-electron chi connectivity index (χ2n) is 8.28. The minimum Gasteiger partial charge on any atom is -0.345 e. The number of carbonyl (C=O) groups is 1. The van der Waals surface area contributed by atoms with Crippen LogP contribution >= 0.6 is 0 Å². The first-order valence-electron chi connectivity index (χ1n) is 10.8. The molecule has 1 fully saturated rings. The van der Waals surface area contributed by atoms with E-state index in [2.05, 4.69) is 5.32 Å². The highest BCUT2D eigenvalue weighted by molar-refractivity contribution is 6.08. The molecule has 1 unspecified atom stereocenters. The summed E-state index contributed by atoms with van der Waals surface area (Å²) in [6.45, 7) is 4.04. The lowest BCUT2D eigenvalue weighted by Gasteiger charge is -2.35. The Balaban J connectivity index is 1.83. The number of nitrogens with one attached hydrogen (secondary N) is 1. The number of hydrogen-bond acceptors (Lipinski definition) is 2. The molecule has 162 valence electrons. The van der Waals surface area contributed by atoms with Crippen molar-refractivity contribution in [3.63, 3.8) is 0 Å². The predicted molar refractivity (Wildman–Crippen MR) is 117 cm³/mol. The molecular formula is C25H26F2N2O2. The molecule has 1 aromatic heterocycles. The molecule has 4 rings (SSSR count). The van der Waals surface area contributed by atoms with E-state index in [-0.39, 0.29) is 29.1 Å². The van der Waals surface area contributed by atoms with Crippen LogP contribution in [0.2, 0.25) is 0 Å². The van der Waals surface area contributed by atoms with E-state index in [0.29, 0.717) is 35.2 Å². The van der Waals surface area contributed by atoms with Crippen LogP contribution < -0.4 is 10.9 Å². The van der Waals surface area contributed by atoms with Crippen LogP contribution in [0.25, 0.3) is 10.8 Å². The minimum absolute atomic E-state index is 0.0716. The van der Waals surface area contributed by atoms with Gasteiger partial charge >= 0.3 is 0 Å². The molecule has 0 aliphatic heterocycles. The maximum absolute atomic E-state index is 14.6. The van der Waals surface area contributed by atoms with E-state index in [1.807, 2.05) is 13.0 Å². The van der Waals surface area contributed by atoms with Crippen LogP contribution in [0, 0.1) is 24.5 Å². The fraction of sp³-hybridized carbons (Fsp3) is 0.360. The van der Waals surface area contributed by atoms with Crippen molar-refractivity contribution in [3.8, 4) is 0 Å². The van der Waals surface area contributed by atoms with Crippen molar-refractivity contribution in [2.75, 3.05) is 0 Å². The van der Waals surface area contributed by atoms with Crippen molar-refractivity contribution in [2.24, 2.45) is 5.92 Å². The lowest BCUT2D eigenvalue weighted by Crippen LogP contribution is -2.38. The molecule has 1 amide bonds. The monoisotopic (exact) mass is 424 g/mol. The molecular weight excluding hydrogens is 398 g/mol. The zero-order valence-electron chi connectivity index (χ0n) is 17.8. The smallest absolute Gasteiger partial charge is 0.261 e. The van der Waals surface area contributed by atoms with Crippen molar-refractivity contribution in [1.29, 1.82) is 0 Å². The summed E-state index contributed by atoms with van der Waals surface area (Å²) in [6, 6.07) is 10.3. The Morgan fingerprint density at radius 1 is 1.19 bits per heavy atom. The second-order valence-corrected chi connectivity index (χ2v) is 8.28. The molecule has 2 aromatic carbocycles. The van der Waals surface area contributed by atoms with E-state index in [9.17, 15) is 18.4 Å². The van der Waals surface area contributed by atoms with E-state index >= 15 is 0 Å². The average molecular weight is 424 g/mol. The SMILES string of the molecule is CCCn1c(C)c(C(=O)NC(c2cccc(F)c2)C2CCC2)c2cccc(F)c2c1=O. The number of benzene rings is 2. The maximum Gasteiger partial charge on any atom is 0.261 e. The van der Waals surface area contributed by atoms with Crippen LogP contribution in [0.15, 0.2) is 47.3 Å². The van der Waals surface area contributed by atoms with Crippen LogP contribution in [0.3, 0.4) is 0 Å². The largest absolute Gasteiger partial charge is 0.345 e. The standard InChI is InChI=1S/C25H26F2N2O2/c1-3-13-29-15(2)21(19-11-6-12-20(27)22(19)25(29)31)24(30)28-23(16-7-4-8-16)17-9-5-10-18(26)14-17/h5-6,9-12,14,16,23H,3-4,7-8,13H2,1-2H3,(H,28,30). The van der Waals surface area contributed by atoms with Gasteiger partial charge in [0.1, 0.15) is 11.6 Å². The number of aromatic nitrogens is 1.